The van der Waals surface area contributed by atoms with E-state index in [1.54, 1.807) is 32.2 Å². The molecule has 0 amide bonds. The molecular formula is C14H25N3O3S. The highest BCUT2D eigenvalue weighted by Gasteiger charge is 2.16. The van der Waals surface area contributed by atoms with Crippen LogP contribution in [0, 0.1) is 0 Å². The predicted molar refractivity (Wildman–Crippen MR) is 85.2 cm³/mol. The van der Waals surface area contributed by atoms with Crippen LogP contribution in [0.1, 0.15) is 6.92 Å². The van der Waals surface area contributed by atoms with Gasteiger partial charge >= 0.3 is 0 Å². The van der Waals surface area contributed by atoms with E-state index in [2.05, 4.69) is 14.9 Å². The number of sulfonamides is 1. The fourth-order valence-corrected chi connectivity index (χ4v) is 3.08. The summed E-state index contributed by atoms with van der Waals surface area (Å²) in [5, 5.41) is 3.18. The van der Waals surface area contributed by atoms with E-state index in [-0.39, 0.29) is 4.90 Å². The molecule has 0 fully saturated rings. The molecule has 1 aromatic carbocycles. The van der Waals surface area contributed by atoms with Crippen molar-refractivity contribution in [3.63, 3.8) is 0 Å². The van der Waals surface area contributed by atoms with Crippen molar-refractivity contribution in [3.8, 4) is 0 Å². The van der Waals surface area contributed by atoms with E-state index in [1.165, 1.54) is 0 Å². The Kier molecular flexibility index (Phi) is 7.66. The molecule has 0 bridgehead atoms. The molecular weight excluding hydrogens is 290 g/mol. The molecule has 7 heteroatoms. The second-order valence-electron chi connectivity index (χ2n) is 4.72. The number of nitrogens with one attached hydrogen (secondary N) is 2. The van der Waals surface area contributed by atoms with Gasteiger partial charge < -0.3 is 15.0 Å². The lowest BCUT2D eigenvalue weighted by Crippen LogP contribution is -2.29. The first-order valence-electron chi connectivity index (χ1n) is 7.01. The molecule has 0 saturated carbocycles. The van der Waals surface area contributed by atoms with Crippen LogP contribution in [0.3, 0.4) is 0 Å². The zero-order valence-corrected chi connectivity index (χ0v) is 13.7. The first-order chi connectivity index (χ1) is 10.0. The molecule has 6 nitrogen and oxygen atoms in total. The average Bonchev–Trinajstić information content (AvgIpc) is 2.45. The number of hydrogen-bond donors (Lipinski definition) is 2. The van der Waals surface area contributed by atoms with Gasteiger partial charge in [0.1, 0.15) is 4.90 Å². The quantitative estimate of drug-likeness (QED) is 0.673. The Morgan fingerprint density at radius 1 is 1.24 bits per heavy atom. The average molecular weight is 315 g/mol. The molecule has 0 spiro atoms. The number of benzene rings is 1. The topological polar surface area (TPSA) is 70.7 Å². The smallest absolute Gasteiger partial charge is 0.242 e. The van der Waals surface area contributed by atoms with Gasteiger partial charge in [0.25, 0.3) is 0 Å². The van der Waals surface area contributed by atoms with Crippen molar-refractivity contribution in [2.24, 2.45) is 0 Å². The third-order valence-electron chi connectivity index (χ3n) is 3.00. The van der Waals surface area contributed by atoms with Crippen molar-refractivity contribution < 1.29 is 13.2 Å². The third kappa shape index (κ3) is 6.01. The number of hydrogen-bond acceptors (Lipinski definition) is 5. The van der Waals surface area contributed by atoms with Gasteiger partial charge in [-0.1, -0.05) is 19.1 Å². The molecule has 0 aromatic heterocycles. The van der Waals surface area contributed by atoms with E-state index in [4.69, 9.17) is 4.74 Å². The number of ether oxygens (including phenoxy) is 1. The largest absolute Gasteiger partial charge is 0.383 e. The van der Waals surface area contributed by atoms with Crippen LogP contribution in [0.2, 0.25) is 0 Å². The maximum absolute atomic E-state index is 12.1. The number of rotatable bonds is 10. The van der Waals surface area contributed by atoms with Crippen LogP contribution in [0.5, 0.6) is 0 Å². The van der Waals surface area contributed by atoms with Crippen molar-refractivity contribution >= 4 is 15.7 Å². The van der Waals surface area contributed by atoms with Gasteiger partial charge in [0.2, 0.25) is 10.0 Å². The van der Waals surface area contributed by atoms with E-state index in [0.29, 0.717) is 25.4 Å². The van der Waals surface area contributed by atoms with E-state index < -0.39 is 10.0 Å². The zero-order chi connectivity index (χ0) is 15.7. The molecule has 0 atom stereocenters. The Morgan fingerprint density at radius 3 is 2.62 bits per heavy atom. The summed E-state index contributed by atoms with van der Waals surface area (Å²) >= 11 is 0. The third-order valence-corrected chi connectivity index (χ3v) is 4.60. The van der Waals surface area contributed by atoms with Crippen LogP contribution in [0.4, 0.5) is 5.69 Å². The van der Waals surface area contributed by atoms with E-state index in [9.17, 15) is 8.42 Å². The molecule has 0 aliphatic heterocycles. The molecule has 0 radical (unpaired) electrons. The summed E-state index contributed by atoms with van der Waals surface area (Å²) < 4.78 is 31.8. The van der Waals surface area contributed by atoms with Crippen LogP contribution < -0.4 is 10.0 Å². The maximum atomic E-state index is 12.1. The Morgan fingerprint density at radius 2 is 1.95 bits per heavy atom. The molecule has 0 aliphatic rings. The minimum absolute atomic E-state index is 0.284. The molecule has 0 saturated heterocycles. The van der Waals surface area contributed by atoms with Gasteiger partial charge in [0, 0.05) is 33.3 Å². The van der Waals surface area contributed by atoms with Crippen molar-refractivity contribution in [2.45, 2.75) is 11.8 Å². The van der Waals surface area contributed by atoms with Crippen LogP contribution in [0.15, 0.2) is 29.2 Å². The van der Waals surface area contributed by atoms with E-state index in [0.717, 1.165) is 13.1 Å². The normalized spacial score (nSPS) is 11.8. The summed E-state index contributed by atoms with van der Waals surface area (Å²) in [6.07, 6.45) is 0. The lowest BCUT2D eigenvalue weighted by Gasteiger charge is -2.18. The predicted octanol–water partition coefficient (Wildman–Crippen LogP) is 0.975. The Balaban J connectivity index is 2.64. The molecule has 2 N–H and O–H groups in total. The maximum Gasteiger partial charge on any atom is 0.242 e. The zero-order valence-electron chi connectivity index (χ0n) is 12.9. The SMILES string of the molecule is CCNS(=O)(=O)c1ccccc1NCCN(C)CCOC. The molecule has 0 heterocycles. The van der Waals surface area contributed by atoms with Crippen LogP contribution in [-0.4, -0.2) is 60.3 Å². The van der Waals surface area contributed by atoms with Gasteiger partial charge in [-0.3, -0.25) is 0 Å². The van der Waals surface area contributed by atoms with Crippen LogP contribution in [0.25, 0.3) is 0 Å². The van der Waals surface area contributed by atoms with Gasteiger partial charge in [0.05, 0.1) is 12.3 Å². The molecule has 1 rings (SSSR count). The molecule has 0 unspecified atom stereocenters. The molecule has 0 aliphatic carbocycles. The fourth-order valence-electron chi connectivity index (χ4n) is 1.86. The Bertz CT molecular complexity index is 520. The number of likely N-dealkylation sites (N-methyl/N-ethyl adjacent to an activating group) is 1. The van der Waals surface area contributed by atoms with Crippen LogP contribution >= 0.6 is 0 Å². The molecule has 1 aromatic rings. The Labute approximate surface area is 127 Å². The lowest BCUT2D eigenvalue weighted by atomic mass is 10.3. The standard InChI is InChI=1S/C14H25N3O3S/c1-4-16-21(18,19)14-8-6-5-7-13(14)15-9-10-17(2)11-12-20-3/h5-8,15-16H,4,9-12H2,1-3H3. The number of anilines is 1. The van der Waals surface area contributed by atoms with E-state index >= 15 is 0 Å². The molecule has 120 valence electrons. The number of methoxy groups -OCH3 is 1. The highest BCUT2D eigenvalue weighted by Crippen LogP contribution is 2.20. The summed E-state index contributed by atoms with van der Waals surface area (Å²) in [5.74, 6) is 0. The molecule has 21 heavy (non-hydrogen) atoms. The van der Waals surface area contributed by atoms with Gasteiger partial charge in [-0.25, -0.2) is 13.1 Å². The summed E-state index contributed by atoms with van der Waals surface area (Å²) in [6.45, 7) is 5.13. The summed E-state index contributed by atoms with van der Waals surface area (Å²) in [6, 6.07) is 6.93. The lowest BCUT2D eigenvalue weighted by molar-refractivity contribution is 0.163. The summed E-state index contributed by atoms with van der Waals surface area (Å²) in [4.78, 5) is 2.41. The van der Waals surface area contributed by atoms with Crippen molar-refractivity contribution in [1.82, 2.24) is 9.62 Å². The minimum atomic E-state index is -3.45. The van der Waals surface area contributed by atoms with Crippen molar-refractivity contribution in [1.29, 1.82) is 0 Å². The van der Waals surface area contributed by atoms with Crippen LogP contribution in [-0.2, 0) is 14.8 Å². The van der Waals surface area contributed by atoms with E-state index in [1.807, 2.05) is 13.1 Å². The highest BCUT2D eigenvalue weighted by atomic mass is 32.2. The van der Waals surface area contributed by atoms with Crippen molar-refractivity contribution in [2.75, 3.05) is 52.3 Å². The van der Waals surface area contributed by atoms with Gasteiger partial charge in [-0.05, 0) is 19.2 Å². The second kappa shape index (κ2) is 8.99. The summed E-state index contributed by atoms with van der Waals surface area (Å²) in [5.41, 5.74) is 0.624. The van der Waals surface area contributed by atoms with Gasteiger partial charge in [-0.15, -0.1) is 0 Å². The van der Waals surface area contributed by atoms with Gasteiger partial charge in [-0.2, -0.15) is 0 Å². The summed E-state index contributed by atoms with van der Waals surface area (Å²) in [7, 11) is 0.225. The van der Waals surface area contributed by atoms with Crippen molar-refractivity contribution in [3.05, 3.63) is 24.3 Å². The monoisotopic (exact) mass is 315 g/mol. The fraction of sp³-hybridized carbons (Fsp3) is 0.571. The minimum Gasteiger partial charge on any atom is -0.383 e. The first-order valence-corrected chi connectivity index (χ1v) is 8.49. The second-order valence-corrected chi connectivity index (χ2v) is 6.46. The van der Waals surface area contributed by atoms with Gasteiger partial charge in [0.15, 0.2) is 0 Å². The Hall–Kier alpha value is -1.15. The number of nitrogens with zero attached hydrogens (tertiary/aromatic N) is 1. The number of para-hydroxylation sites is 1. The highest BCUT2D eigenvalue weighted by molar-refractivity contribution is 7.89. The first kappa shape index (κ1) is 17.9.